The second-order valence-corrected chi connectivity index (χ2v) is 4.90. The van der Waals surface area contributed by atoms with Gasteiger partial charge in [0.25, 0.3) is 5.91 Å². The van der Waals surface area contributed by atoms with Crippen molar-refractivity contribution in [1.29, 1.82) is 0 Å². The molecule has 1 amide bonds. The molecule has 2 rings (SSSR count). The predicted molar refractivity (Wildman–Crippen MR) is 62.9 cm³/mol. The summed E-state index contributed by atoms with van der Waals surface area (Å²) >= 11 is 0. The molecule has 0 aromatic rings. The standard InChI is InChI=1S/C13H21NO2/c1-9-10(2)13(16-3)14(12(9)15)11-7-5-4-6-8-11/h11,13H,4-8H2,1-3H3. The molecule has 0 spiro atoms. The normalized spacial score (nSPS) is 28.1. The van der Waals surface area contributed by atoms with Crippen LogP contribution in [0.5, 0.6) is 0 Å². The minimum atomic E-state index is -0.115. The Morgan fingerprint density at radius 1 is 1.19 bits per heavy atom. The Bertz CT molecular complexity index is 316. The Balaban J connectivity index is 2.18. The lowest BCUT2D eigenvalue weighted by Crippen LogP contribution is -2.45. The quantitative estimate of drug-likeness (QED) is 0.719. The van der Waals surface area contributed by atoms with Crippen LogP contribution in [0.3, 0.4) is 0 Å². The van der Waals surface area contributed by atoms with Crippen molar-refractivity contribution in [2.75, 3.05) is 7.11 Å². The topological polar surface area (TPSA) is 29.5 Å². The van der Waals surface area contributed by atoms with E-state index in [9.17, 15) is 4.79 Å². The molecule has 1 heterocycles. The number of methoxy groups -OCH3 is 1. The lowest BCUT2D eigenvalue weighted by molar-refractivity contribution is -0.138. The summed E-state index contributed by atoms with van der Waals surface area (Å²) < 4.78 is 5.48. The third-order valence-corrected chi connectivity index (χ3v) is 3.96. The summed E-state index contributed by atoms with van der Waals surface area (Å²) in [6, 6.07) is 0.388. The maximum Gasteiger partial charge on any atom is 0.252 e. The molecule has 0 aromatic carbocycles. The van der Waals surface area contributed by atoms with E-state index in [1.54, 1.807) is 7.11 Å². The van der Waals surface area contributed by atoms with Crippen molar-refractivity contribution in [3.8, 4) is 0 Å². The van der Waals surface area contributed by atoms with E-state index in [-0.39, 0.29) is 12.1 Å². The van der Waals surface area contributed by atoms with E-state index in [1.807, 2.05) is 18.7 Å². The average molecular weight is 223 g/mol. The number of rotatable bonds is 2. The average Bonchev–Trinajstić information content (AvgIpc) is 2.54. The zero-order valence-corrected chi connectivity index (χ0v) is 10.5. The van der Waals surface area contributed by atoms with Crippen LogP contribution in [0, 0.1) is 0 Å². The highest BCUT2D eigenvalue weighted by Gasteiger charge is 2.39. The Kier molecular flexibility index (Phi) is 3.33. The molecule has 1 unspecified atom stereocenters. The number of carbonyl (C=O) groups excluding carboxylic acids is 1. The van der Waals surface area contributed by atoms with Crippen LogP contribution in [0.2, 0.25) is 0 Å². The SMILES string of the molecule is COC1C(C)=C(C)C(=O)N1C1CCCCC1. The monoisotopic (exact) mass is 223 g/mol. The van der Waals surface area contributed by atoms with Gasteiger partial charge in [-0.15, -0.1) is 0 Å². The molecule has 1 aliphatic carbocycles. The smallest absolute Gasteiger partial charge is 0.252 e. The molecule has 3 nitrogen and oxygen atoms in total. The molecule has 0 radical (unpaired) electrons. The largest absolute Gasteiger partial charge is 0.358 e. The number of hydrogen-bond donors (Lipinski definition) is 0. The van der Waals surface area contributed by atoms with Crippen LogP contribution in [0.4, 0.5) is 0 Å². The molecule has 1 atom stereocenters. The summed E-state index contributed by atoms with van der Waals surface area (Å²) in [6.07, 6.45) is 5.93. The van der Waals surface area contributed by atoms with Crippen molar-refractivity contribution in [1.82, 2.24) is 4.90 Å². The van der Waals surface area contributed by atoms with Crippen LogP contribution in [0.15, 0.2) is 11.1 Å². The number of carbonyl (C=O) groups is 1. The van der Waals surface area contributed by atoms with Crippen LogP contribution in [0.25, 0.3) is 0 Å². The molecule has 2 aliphatic rings. The van der Waals surface area contributed by atoms with Gasteiger partial charge in [0.2, 0.25) is 0 Å². The van der Waals surface area contributed by atoms with E-state index in [2.05, 4.69) is 0 Å². The van der Waals surface area contributed by atoms with Crippen LogP contribution in [-0.4, -0.2) is 30.2 Å². The Morgan fingerprint density at radius 3 is 2.38 bits per heavy atom. The zero-order valence-electron chi connectivity index (χ0n) is 10.5. The highest BCUT2D eigenvalue weighted by Crippen LogP contribution is 2.33. The summed E-state index contributed by atoms with van der Waals surface area (Å²) in [5, 5.41) is 0. The van der Waals surface area contributed by atoms with Crippen molar-refractivity contribution < 1.29 is 9.53 Å². The molecule has 0 bridgehead atoms. The predicted octanol–water partition coefficient (Wildman–Crippen LogP) is 2.47. The van der Waals surface area contributed by atoms with Gasteiger partial charge in [-0.3, -0.25) is 4.79 Å². The van der Waals surface area contributed by atoms with Gasteiger partial charge in [0.1, 0.15) is 0 Å². The van der Waals surface area contributed by atoms with E-state index in [1.165, 1.54) is 19.3 Å². The van der Waals surface area contributed by atoms with Crippen LogP contribution in [-0.2, 0) is 9.53 Å². The first-order valence-corrected chi connectivity index (χ1v) is 6.19. The molecule has 16 heavy (non-hydrogen) atoms. The van der Waals surface area contributed by atoms with E-state index >= 15 is 0 Å². The second kappa shape index (κ2) is 4.58. The molecule has 90 valence electrons. The minimum absolute atomic E-state index is 0.115. The van der Waals surface area contributed by atoms with Crippen molar-refractivity contribution in [3.05, 3.63) is 11.1 Å². The second-order valence-electron chi connectivity index (χ2n) is 4.90. The van der Waals surface area contributed by atoms with Crippen molar-refractivity contribution in [2.45, 2.75) is 58.2 Å². The zero-order chi connectivity index (χ0) is 11.7. The fourth-order valence-electron chi connectivity index (χ4n) is 2.87. The van der Waals surface area contributed by atoms with Crippen molar-refractivity contribution >= 4 is 5.91 Å². The minimum Gasteiger partial charge on any atom is -0.358 e. The number of amides is 1. The van der Waals surface area contributed by atoms with Crippen molar-refractivity contribution in [3.63, 3.8) is 0 Å². The summed E-state index contributed by atoms with van der Waals surface area (Å²) in [5.74, 6) is 0.177. The van der Waals surface area contributed by atoms with Crippen LogP contribution in [0.1, 0.15) is 46.0 Å². The van der Waals surface area contributed by atoms with Gasteiger partial charge in [-0.2, -0.15) is 0 Å². The van der Waals surface area contributed by atoms with E-state index in [0.29, 0.717) is 6.04 Å². The summed E-state index contributed by atoms with van der Waals surface area (Å²) in [6.45, 7) is 3.91. The van der Waals surface area contributed by atoms with Gasteiger partial charge < -0.3 is 9.64 Å². The van der Waals surface area contributed by atoms with E-state index in [4.69, 9.17) is 4.74 Å². The van der Waals surface area contributed by atoms with Crippen molar-refractivity contribution in [2.24, 2.45) is 0 Å². The van der Waals surface area contributed by atoms with Gasteiger partial charge in [-0.05, 0) is 32.3 Å². The van der Waals surface area contributed by atoms with E-state index in [0.717, 1.165) is 24.0 Å². The highest BCUT2D eigenvalue weighted by atomic mass is 16.5. The van der Waals surface area contributed by atoms with Crippen LogP contribution >= 0.6 is 0 Å². The summed E-state index contributed by atoms with van der Waals surface area (Å²) in [7, 11) is 1.69. The molecule has 3 heteroatoms. The summed E-state index contributed by atoms with van der Waals surface area (Å²) in [5.41, 5.74) is 1.95. The van der Waals surface area contributed by atoms with Gasteiger partial charge in [0, 0.05) is 18.7 Å². The first-order valence-electron chi connectivity index (χ1n) is 6.19. The summed E-state index contributed by atoms with van der Waals surface area (Å²) in [4.78, 5) is 14.1. The fraction of sp³-hybridized carbons (Fsp3) is 0.769. The first-order chi connectivity index (χ1) is 7.66. The molecule has 1 aliphatic heterocycles. The maximum atomic E-state index is 12.2. The van der Waals surface area contributed by atoms with Gasteiger partial charge in [0.05, 0.1) is 0 Å². The lowest BCUT2D eigenvalue weighted by atomic mass is 9.94. The Labute approximate surface area is 97.5 Å². The number of hydrogen-bond acceptors (Lipinski definition) is 2. The number of ether oxygens (including phenoxy) is 1. The molecule has 1 fully saturated rings. The fourth-order valence-corrected chi connectivity index (χ4v) is 2.87. The molecular formula is C13H21NO2. The van der Waals surface area contributed by atoms with Gasteiger partial charge >= 0.3 is 0 Å². The Hall–Kier alpha value is -0.830. The Morgan fingerprint density at radius 2 is 1.81 bits per heavy atom. The number of nitrogens with zero attached hydrogens (tertiary/aromatic N) is 1. The molecule has 1 saturated carbocycles. The lowest BCUT2D eigenvalue weighted by Gasteiger charge is -2.35. The molecule has 0 N–H and O–H groups in total. The van der Waals surface area contributed by atoms with E-state index < -0.39 is 0 Å². The molecule has 0 saturated heterocycles. The van der Waals surface area contributed by atoms with Crippen LogP contribution < -0.4 is 0 Å². The molecular weight excluding hydrogens is 202 g/mol. The highest BCUT2D eigenvalue weighted by molar-refractivity contribution is 5.97. The third-order valence-electron chi connectivity index (χ3n) is 3.96. The van der Waals surface area contributed by atoms with Gasteiger partial charge in [-0.25, -0.2) is 0 Å². The third kappa shape index (κ3) is 1.77. The maximum absolute atomic E-state index is 12.2. The van der Waals surface area contributed by atoms with Gasteiger partial charge in [0.15, 0.2) is 6.23 Å². The van der Waals surface area contributed by atoms with Gasteiger partial charge in [-0.1, -0.05) is 19.3 Å². The first kappa shape index (κ1) is 11.6. The molecule has 0 aromatic heterocycles.